The zero-order valence-electron chi connectivity index (χ0n) is 13.5. The molecule has 0 saturated carbocycles. The molecule has 0 radical (unpaired) electrons. The lowest BCUT2D eigenvalue weighted by molar-refractivity contribution is -0.138. The van der Waals surface area contributed by atoms with Crippen molar-refractivity contribution in [1.82, 2.24) is 35.1 Å². The molecule has 4 rings (SSSR count). The lowest BCUT2D eigenvalue weighted by Gasteiger charge is -2.36. The van der Waals surface area contributed by atoms with E-state index in [1.165, 1.54) is 11.0 Å². The second-order valence-electron chi connectivity index (χ2n) is 6.15. The smallest absolute Gasteiger partial charge is 0.247 e. The Kier molecular flexibility index (Phi) is 3.72. The van der Waals surface area contributed by atoms with E-state index in [1.54, 1.807) is 0 Å². The van der Waals surface area contributed by atoms with Crippen molar-refractivity contribution in [2.75, 3.05) is 6.54 Å². The number of piperidine rings is 1. The Labute approximate surface area is 138 Å². The summed E-state index contributed by atoms with van der Waals surface area (Å²) in [5.41, 5.74) is 1.93. The molecule has 0 unspecified atom stereocenters. The lowest BCUT2D eigenvalue weighted by Crippen LogP contribution is -2.42. The highest BCUT2D eigenvalue weighted by atomic mass is 16.2. The Morgan fingerprint density at radius 1 is 1.33 bits per heavy atom. The largest absolute Gasteiger partial charge is 0.340 e. The zero-order chi connectivity index (χ0) is 16.5. The number of benzene rings is 1. The predicted molar refractivity (Wildman–Crippen MR) is 86.9 cm³/mol. The quantitative estimate of drug-likeness (QED) is 0.793. The average molecular weight is 325 g/mol. The second kappa shape index (κ2) is 6.03. The maximum absolute atomic E-state index is 13.0. The summed E-state index contributed by atoms with van der Waals surface area (Å²) in [5.74, 6) is 0.876. The molecule has 24 heavy (non-hydrogen) atoms. The van der Waals surface area contributed by atoms with Crippen LogP contribution in [0.5, 0.6) is 0 Å². The summed E-state index contributed by atoms with van der Waals surface area (Å²) in [7, 11) is 0. The molecule has 1 amide bonds. The SMILES string of the molecule is C[C@@H](C(=O)N1CCCC[C@H]1c1nc2ccccc2[nH]1)n1cnnn1. The van der Waals surface area contributed by atoms with E-state index in [-0.39, 0.29) is 11.9 Å². The van der Waals surface area contributed by atoms with Gasteiger partial charge in [0.05, 0.1) is 17.1 Å². The van der Waals surface area contributed by atoms with E-state index in [0.29, 0.717) is 0 Å². The van der Waals surface area contributed by atoms with Crippen LogP contribution in [0.15, 0.2) is 30.6 Å². The minimum absolute atomic E-state index is 0.0208. The maximum atomic E-state index is 13.0. The Bertz CT molecular complexity index is 808. The molecule has 3 aromatic rings. The third-order valence-corrected chi connectivity index (χ3v) is 4.63. The average Bonchev–Trinajstić information content (AvgIpc) is 3.29. The zero-order valence-corrected chi connectivity index (χ0v) is 13.5. The van der Waals surface area contributed by atoms with Gasteiger partial charge in [0.2, 0.25) is 5.91 Å². The van der Waals surface area contributed by atoms with Crippen LogP contribution in [0.25, 0.3) is 11.0 Å². The van der Waals surface area contributed by atoms with Crippen molar-refractivity contribution in [3.8, 4) is 0 Å². The first-order valence-corrected chi connectivity index (χ1v) is 8.21. The molecule has 1 aromatic carbocycles. The molecule has 1 aliphatic rings. The molecule has 2 atom stereocenters. The molecule has 1 aliphatic heterocycles. The minimum Gasteiger partial charge on any atom is -0.340 e. The van der Waals surface area contributed by atoms with Crippen molar-refractivity contribution in [2.45, 2.75) is 38.3 Å². The number of hydrogen-bond donors (Lipinski definition) is 1. The number of likely N-dealkylation sites (tertiary alicyclic amines) is 1. The van der Waals surface area contributed by atoms with Crippen molar-refractivity contribution in [2.24, 2.45) is 0 Å². The molecular weight excluding hydrogens is 306 g/mol. The van der Waals surface area contributed by atoms with Crippen LogP contribution in [0, 0.1) is 0 Å². The third kappa shape index (κ3) is 2.53. The van der Waals surface area contributed by atoms with Crippen molar-refractivity contribution >= 4 is 16.9 Å². The first-order valence-electron chi connectivity index (χ1n) is 8.21. The lowest BCUT2D eigenvalue weighted by atomic mass is 10.0. The predicted octanol–water partition coefficient (Wildman–Crippen LogP) is 1.86. The number of rotatable bonds is 3. The van der Waals surface area contributed by atoms with Crippen molar-refractivity contribution < 1.29 is 4.79 Å². The fourth-order valence-corrected chi connectivity index (χ4v) is 3.31. The Hall–Kier alpha value is -2.77. The Balaban J connectivity index is 1.64. The number of carbonyl (C=O) groups excluding carboxylic acids is 1. The van der Waals surface area contributed by atoms with Crippen LogP contribution in [0.2, 0.25) is 0 Å². The number of H-pyrrole nitrogens is 1. The Morgan fingerprint density at radius 3 is 3.00 bits per heavy atom. The highest BCUT2D eigenvalue weighted by Crippen LogP contribution is 2.32. The van der Waals surface area contributed by atoms with E-state index in [9.17, 15) is 4.79 Å². The highest BCUT2D eigenvalue weighted by Gasteiger charge is 2.33. The van der Waals surface area contributed by atoms with E-state index in [1.807, 2.05) is 36.1 Å². The van der Waals surface area contributed by atoms with Gasteiger partial charge in [0.1, 0.15) is 18.2 Å². The van der Waals surface area contributed by atoms with E-state index in [2.05, 4.69) is 20.5 Å². The van der Waals surface area contributed by atoms with Crippen LogP contribution in [-0.4, -0.2) is 47.5 Å². The molecule has 1 saturated heterocycles. The third-order valence-electron chi connectivity index (χ3n) is 4.63. The first-order chi connectivity index (χ1) is 11.7. The molecule has 8 heteroatoms. The van der Waals surface area contributed by atoms with Gasteiger partial charge in [0.15, 0.2) is 0 Å². The van der Waals surface area contributed by atoms with Gasteiger partial charge in [-0.05, 0) is 48.7 Å². The minimum atomic E-state index is -0.426. The number of para-hydroxylation sites is 2. The molecule has 0 aliphatic carbocycles. The standard InChI is InChI=1S/C16H19N7O/c1-11(23-10-17-20-21-23)16(24)22-9-5-4-8-14(22)15-18-12-6-2-3-7-13(12)19-15/h2-3,6-7,10-11,14H,4-5,8-9H2,1H3,(H,18,19)/t11-,14-/m0/s1. The highest BCUT2D eigenvalue weighted by molar-refractivity contribution is 5.81. The molecule has 0 bridgehead atoms. The van der Waals surface area contributed by atoms with E-state index in [4.69, 9.17) is 4.98 Å². The summed E-state index contributed by atoms with van der Waals surface area (Å²) in [6.45, 7) is 2.55. The van der Waals surface area contributed by atoms with Gasteiger partial charge >= 0.3 is 0 Å². The van der Waals surface area contributed by atoms with Crippen LogP contribution in [0.4, 0.5) is 0 Å². The normalized spacial score (nSPS) is 19.5. The number of carbonyl (C=O) groups is 1. The number of aromatic amines is 1. The van der Waals surface area contributed by atoms with Gasteiger partial charge in [-0.1, -0.05) is 12.1 Å². The molecule has 3 heterocycles. The maximum Gasteiger partial charge on any atom is 0.247 e. The van der Waals surface area contributed by atoms with E-state index >= 15 is 0 Å². The number of fused-ring (bicyclic) bond motifs is 1. The molecule has 0 spiro atoms. The van der Waals surface area contributed by atoms with Gasteiger partial charge in [0, 0.05) is 6.54 Å². The van der Waals surface area contributed by atoms with E-state index < -0.39 is 6.04 Å². The van der Waals surface area contributed by atoms with E-state index in [0.717, 1.165) is 42.7 Å². The van der Waals surface area contributed by atoms with Crippen LogP contribution in [0.3, 0.4) is 0 Å². The van der Waals surface area contributed by atoms with Gasteiger partial charge in [-0.15, -0.1) is 5.10 Å². The van der Waals surface area contributed by atoms with Crippen molar-refractivity contribution in [3.63, 3.8) is 0 Å². The summed E-state index contributed by atoms with van der Waals surface area (Å²) in [6.07, 6.45) is 4.48. The first kappa shape index (κ1) is 14.8. The summed E-state index contributed by atoms with van der Waals surface area (Å²) in [4.78, 5) is 22.9. The topological polar surface area (TPSA) is 92.6 Å². The number of hydrogen-bond acceptors (Lipinski definition) is 5. The molecule has 124 valence electrons. The number of amides is 1. The fraction of sp³-hybridized carbons (Fsp3) is 0.438. The summed E-state index contributed by atoms with van der Waals surface area (Å²) in [6, 6.07) is 7.48. The second-order valence-corrected chi connectivity index (χ2v) is 6.15. The summed E-state index contributed by atoms with van der Waals surface area (Å²) in [5, 5.41) is 11.1. The van der Waals surface area contributed by atoms with Gasteiger partial charge in [0.25, 0.3) is 0 Å². The van der Waals surface area contributed by atoms with Gasteiger partial charge in [-0.2, -0.15) is 0 Å². The summed E-state index contributed by atoms with van der Waals surface area (Å²) >= 11 is 0. The van der Waals surface area contributed by atoms with Crippen LogP contribution in [-0.2, 0) is 4.79 Å². The molecule has 1 fully saturated rings. The number of tetrazole rings is 1. The van der Waals surface area contributed by atoms with Gasteiger partial charge in [-0.3, -0.25) is 4.79 Å². The molecule has 8 nitrogen and oxygen atoms in total. The van der Waals surface area contributed by atoms with Crippen LogP contribution < -0.4 is 0 Å². The fourth-order valence-electron chi connectivity index (χ4n) is 3.31. The van der Waals surface area contributed by atoms with Crippen molar-refractivity contribution in [3.05, 3.63) is 36.4 Å². The van der Waals surface area contributed by atoms with Crippen LogP contribution >= 0.6 is 0 Å². The number of nitrogens with one attached hydrogen (secondary N) is 1. The van der Waals surface area contributed by atoms with Crippen LogP contribution in [0.1, 0.15) is 44.1 Å². The monoisotopic (exact) mass is 325 g/mol. The molecule has 1 N–H and O–H groups in total. The number of imidazole rings is 1. The summed E-state index contributed by atoms with van der Waals surface area (Å²) < 4.78 is 1.49. The number of nitrogens with zero attached hydrogens (tertiary/aromatic N) is 6. The van der Waals surface area contributed by atoms with Crippen molar-refractivity contribution in [1.29, 1.82) is 0 Å². The van der Waals surface area contributed by atoms with Gasteiger partial charge < -0.3 is 9.88 Å². The Morgan fingerprint density at radius 2 is 2.21 bits per heavy atom. The molecule has 2 aromatic heterocycles. The number of aromatic nitrogens is 6. The molecular formula is C16H19N7O. The van der Waals surface area contributed by atoms with Gasteiger partial charge in [-0.25, -0.2) is 9.67 Å².